The topological polar surface area (TPSA) is 32.3 Å². The van der Waals surface area contributed by atoms with Gasteiger partial charge in [0.05, 0.1) is 0 Å². The van der Waals surface area contributed by atoms with Gasteiger partial charge in [-0.1, -0.05) is 0 Å². The molecule has 16 heavy (non-hydrogen) atoms. The molecule has 1 aromatic rings. The van der Waals surface area contributed by atoms with Crippen molar-refractivity contribution in [3.05, 3.63) is 17.6 Å². The van der Waals surface area contributed by atoms with Crippen LogP contribution in [-0.4, -0.2) is 48.1 Å². The number of rotatable bonds is 1. The van der Waals surface area contributed by atoms with Crippen LogP contribution in [0.15, 0.2) is 6.33 Å². The summed E-state index contributed by atoms with van der Waals surface area (Å²) in [5.41, 5.74) is 2.69. The first kappa shape index (κ1) is 10.0. The van der Waals surface area contributed by atoms with Crippen LogP contribution in [0, 0.1) is 0 Å². The molecule has 0 bridgehead atoms. The van der Waals surface area contributed by atoms with E-state index in [4.69, 9.17) is 0 Å². The molecule has 1 aromatic heterocycles. The fraction of sp³-hybridized carbons (Fsp3) is 0.667. The lowest BCUT2D eigenvalue weighted by molar-refractivity contribution is 0.312. The molecule has 0 radical (unpaired) electrons. The second kappa shape index (κ2) is 4.01. The molecule has 2 aliphatic rings. The number of aromatic nitrogens is 2. The van der Waals surface area contributed by atoms with Crippen LogP contribution in [-0.2, 0) is 12.8 Å². The van der Waals surface area contributed by atoms with Crippen LogP contribution in [0.5, 0.6) is 0 Å². The third-order valence-electron chi connectivity index (χ3n) is 3.66. The van der Waals surface area contributed by atoms with Crippen LogP contribution >= 0.6 is 0 Å². The van der Waals surface area contributed by atoms with Crippen LogP contribution in [0.4, 0.5) is 5.82 Å². The minimum atomic E-state index is 1.10. The smallest absolute Gasteiger partial charge is 0.135 e. The summed E-state index contributed by atoms with van der Waals surface area (Å²) in [5.74, 6) is 1.20. The molecule has 0 amide bonds. The Labute approximate surface area is 96.3 Å². The Hall–Kier alpha value is -1.16. The van der Waals surface area contributed by atoms with Gasteiger partial charge >= 0.3 is 0 Å². The van der Waals surface area contributed by atoms with E-state index in [9.17, 15) is 0 Å². The monoisotopic (exact) mass is 218 g/mol. The second-order valence-electron chi connectivity index (χ2n) is 4.77. The van der Waals surface area contributed by atoms with E-state index in [0.29, 0.717) is 0 Å². The Bertz CT molecular complexity index is 383. The van der Waals surface area contributed by atoms with Gasteiger partial charge < -0.3 is 9.80 Å². The summed E-state index contributed by atoms with van der Waals surface area (Å²) in [7, 11) is 2.18. The predicted molar refractivity (Wildman–Crippen MR) is 63.8 cm³/mol. The maximum Gasteiger partial charge on any atom is 0.135 e. The van der Waals surface area contributed by atoms with Crippen LogP contribution in [0.1, 0.15) is 17.7 Å². The molecule has 0 aromatic carbocycles. The molecule has 1 aliphatic heterocycles. The fourth-order valence-electron chi connectivity index (χ4n) is 2.63. The van der Waals surface area contributed by atoms with Crippen molar-refractivity contribution >= 4 is 5.82 Å². The minimum Gasteiger partial charge on any atom is -0.354 e. The summed E-state index contributed by atoms with van der Waals surface area (Å²) >= 11 is 0. The maximum absolute atomic E-state index is 4.50. The first-order chi connectivity index (χ1) is 7.84. The third-order valence-corrected chi connectivity index (χ3v) is 3.66. The largest absolute Gasteiger partial charge is 0.354 e. The number of fused-ring (bicyclic) bond motifs is 1. The number of nitrogens with zero attached hydrogens (tertiary/aromatic N) is 4. The number of aryl methyl sites for hydroxylation is 1. The summed E-state index contributed by atoms with van der Waals surface area (Å²) in [4.78, 5) is 13.7. The van der Waals surface area contributed by atoms with Gasteiger partial charge in [-0.25, -0.2) is 9.97 Å². The van der Waals surface area contributed by atoms with Crippen molar-refractivity contribution in [2.24, 2.45) is 0 Å². The standard InChI is InChI=1S/C12H18N4/c1-15-5-7-16(8-6-15)12-10-3-2-4-11(10)13-9-14-12/h9H,2-8H2,1H3. The van der Waals surface area contributed by atoms with E-state index in [1.165, 1.54) is 23.5 Å². The molecule has 2 heterocycles. The van der Waals surface area contributed by atoms with Crippen molar-refractivity contribution in [1.29, 1.82) is 0 Å². The molecule has 1 aliphatic carbocycles. The lowest BCUT2D eigenvalue weighted by Crippen LogP contribution is -2.45. The maximum atomic E-state index is 4.50. The normalized spacial score (nSPS) is 21.2. The van der Waals surface area contributed by atoms with E-state index >= 15 is 0 Å². The molecule has 0 N–H and O–H groups in total. The van der Waals surface area contributed by atoms with Gasteiger partial charge in [0.1, 0.15) is 12.1 Å². The molecule has 0 unspecified atom stereocenters. The molecule has 86 valence electrons. The number of anilines is 1. The van der Waals surface area contributed by atoms with Crippen molar-refractivity contribution in [2.45, 2.75) is 19.3 Å². The lowest BCUT2D eigenvalue weighted by atomic mass is 10.2. The second-order valence-corrected chi connectivity index (χ2v) is 4.77. The molecule has 0 atom stereocenters. The molecule has 3 rings (SSSR count). The average Bonchev–Trinajstić information content (AvgIpc) is 2.78. The van der Waals surface area contributed by atoms with Crippen molar-refractivity contribution in [2.75, 3.05) is 38.1 Å². The Morgan fingerprint density at radius 2 is 1.88 bits per heavy atom. The third kappa shape index (κ3) is 1.67. The molecule has 4 heteroatoms. The molecule has 4 nitrogen and oxygen atoms in total. The molecule has 1 saturated heterocycles. The highest BCUT2D eigenvalue weighted by Crippen LogP contribution is 2.28. The first-order valence-corrected chi connectivity index (χ1v) is 6.11. The Balaban J connectivity index is 1.87. The Morgan fingerprint density at radius 1 is 1.06 bits per heavy atom. The summed E-state index contributed by atoms with van der Waals surface area (Å²) in [6.45, 7) is 4.47. The van der Waals surface area contributed by atoms with Gasteiger partial charge in [0.2, 0.25) is 0 Å². The van der Waals surface area contributed by atoms with Gasteiger partial charge in [-0.3, -0.25) is 0 Å². The zero-order valence-electron chi connectivity index (χ0n) is 9.82. The van der Waals surface area contributed by atoms with Gasteiger partial charge in [-0.15, -0.1) is 0 Å². The Morgan fingerprint density at radius 3 is 2.69 bits per heavy atom. The number of hydrogen-bond donors (Lipinski definition) is 0. The van der Waals surface area contributed by atoms with Gasteiger partial charge in [-0.2, -0.15) is 0 Å². The average molecular weight is 218 g/mol. The van der Waals surface area contributed by atoms with Gasteiger partial charge in [0.15, 0.2) is 0 Å². The highest BCUT2D eigenvalue weighted by molar-refractivity contribution is 5.50. The lowest BCUT2D eigenvalue weighted by Gasteiger charge is -2.34. The van der Waals surface area contributed by atoms with E-state index in [1.807, 2.05) is 0 Å². The number of likely N-dealkylation sites (N-methyl/N-ethyl adjacent to an activating group) is 1. The van der Waals surface area contributed by atoms with Crippen molar-refractivity contribution < 1.29 is 0 Å². The SMILES string of the molecule is CN1CCN(c2ncnc3c2CCC3)CC1. The van der Waals surface area contributed by atoms with Crippen LogP contribution in [0.3, 0.4) is 0 Å². The van der Waals surface area contributed by atoms with Crippen LogP contribution in [0.25, 0.3) is 0 Å². The molecule has 1 fully saturated rings. The summed E-state index contributed by atoms with van der Waals surface area (Å²) < 4.78 is 0. The molecular weight excluding hydrogens is 200 g/mol. The van der Waals surface area contributed by atoms with Crippen molar-refractivity contribution in [3.63, 3.8) is 0 Å². The summed E-state index contributed by atoms with van der Waals surface area (Å²) in [5, 5.41) is 0. The van der Waals surface area contributed by atoms with E-state index in [-0.39, 0.29) is 0 Å². The molecule has 0 spiro atoms. The Kier molecular flexibility index (Phi) is 2.52. The van der Waals surface area contributed by atoms with E-state index in [2.05, 4.69) is 26.8 Å². The predicted octanol–water partition coefficient (Wildman–Crippen LogP) is 0.717. The van der Waals surface area contributed by atoms with Gasteiger partial charge in [0.25, 0.3) is 0 Å². The minimum absolute atomic E-state index is 1.10. The van der Waals surface area contributed by atoms with E-state index in [0.717, 1.165) is 39.0 Å². The number of piperazine rings is 1. The highest BCUT2D eigenvalue weighted by Gasteiger charge is 2.22. The summed E-state index contributed by atoms with van der Waals surface area (Å²) in [6, 6.07) is 0. The van der Waals surface area contributed by atoms with Gasteiger partial charge in [-0.05, 0) is 26.3 Å². The molecule has 0 saturated carbocycles. The molecular formula is C12H18N4. The zero-order valence-corrected chi connectivity index (χ0v) is 9.82. The first-order valence-electron chi connectivity index (χ1n) is 6.11. The quantitative estimate of drug-likeness (QED) is 0.695. The van der Waals surface area contributed by atoms with Crippen LogP contribution < -0.4 is 4.90 Å². The van der Waals surface area contributed by atoms with Crippen molar-refractivity contribution in [1.82, 2.24) is 14.9 Å². The van der Waals surface area contributed by atoms with E-state index < -0.39 is 0 Å². The summed E-state index contributed by atoms with van der Waals surface area (Å²) in [6.07, 6.45) is 5.28. The zero-order chi connectivity index (χ0) is 11.0. The highest BCUT2D eigenvalue weighted by atomic mass is 15.3. The van der Waals surface area contributed by atoms with Crippen LogP contribution in [0.2, 0.25) is 0 Å². The number of hydrogen-bond acceptors (Lipinski definition) is 4. The van der Waals surface area contributed by atoms with E-state index in [1.54, 1.807) is 6.33 Å². The fourth-order valence-corrected chi connectivity index (χ4v) is 2.63. The van der Waals surface area contributed by atoms with Crippen molar-refractivity contribution in [3.8, 4) is 0 Å². The van der Waals surface area contributed by atoms with Gasteiger partial charge in [0, 0.05) is 37.4 Å².